The molecule has 3 heteroatoms. The minimum absolute atomic E-state index is 0.294. The van der Waals surface area contributed by atoms with Crippen LogP contribution in [0.4, 0.5) is 0 Å². The Bertz CT molecular complexity index is 526. The van der Waals surface area contributed by atoms with Crippen LogP contribution in [0.3, 0.4) is 0 Å². The number of benzene rings is 2. The maximum Gasteiger partial charge on any atom is 0.0451 e. The van der Waals surface area contributed by atoms with Crippen LogP contribution in [0, 0.1) is 0 Å². The topological polar surface area (TPSA) is 15.3 Å². The first-order valence-corrected chi connectivity index (χ1v) is 7.21. The van der Waals surface area contributed by atoms with Gasteiger partial charge in [-0.1, -0.05) is 60.1 Å². The highest BCUT2D eigenvalue weighted by molar-refractivity contribution is 6.31. The molecule has 0 aromatic heterocycles. The van der Waals surface area contributed by atoms with Crippen LogP contribution in [0.25, 0.3) is 0 Å². The van der Waals surface area contributed by atoms with Crippen LogP contribution in [-0.2, 0) is 6.54 Å². The zero-order valence-corrected chi connectivity index (χ0v) is 12.8. The molecular weight excluding hydrogens is 268 g/mol. The molecule has 2 aromatic carbocycles. The highest BCUT2D eigenvalue weighted by atomic mass is 35.5. The van der Waals surface area contributed by atoms with Gasteiger partial charge < -0.3 is 10.2 Å². The molecule has 20 heavy (non-hydrogen) atoms. The van der Waals surface area contributed by atoms with Crippen molar-refractivity contribution < 1.29 is 0 Å². The molecule has 0 aliphatic carbocycles. The van der Waals surface area contributed by atoms with Gasteiger partial charge in [-0.05, 0) is 31.3 Å². The molecule has 2 nitrogen and oxygen atoms in total. The number of rotatable bonds is 6. The molecule has 2 aromatic rings. The molecule has 106 valence electrons. The van der Waals surface area contributed by atoms with Gasteiger partial charge in [0.05, 0.1) is 0 Å². The first-order chi connectivity index (χ1) is 9.66. The summed E-state index contributed by atoms with van der Waals surface area (Å²) >= 11 is 6.21. The summed E-state index contributed by atoms with van der Waals surface area (Å²) in [5.41, 5.74) is 2.43. The lowest BCUT2D eigenvalue weighted by atomic mass is 10.1. The van der Waals surface area contributed by atoms with Crippen molar-refractivity contribution in [1.29, 1.82) is 0 Å². The van der Waals surface area contributed by atoms with E-state index in [1.54, 1.807) is 0 Å². The van der Waals surface area contributed by atoms with Crippen molar-refractivity contribution >= 4 is 11.6 Å². The van der Waals surface area contributed by atoms with Gasteiger partial charge in [0, 0.05) is 24.2 Å². The van der Waals surface area contributed by atoms with Crippen molar-refractivity contribution in [1.82, 2.24) is 10.2 Å². The van der Waals surface area contributed by atoms with Crippen LogP contribution >= 0.6 is 11.6 Å². The second-order valence-electron chi connectivity index (χ2n) is 5.20. The maximum absolute atomic E-state index is 6.21. The Morgan fingerprint density at radius 1 is 1.00 bits per heavy atom. The van der Waals surface area contributed by atoms with Crippen LogP contribution < -0.4 is 5.32 Å². The lowest BCUT2D eigenvalue weighted by Crippen LogP contribution is -2.31. The van der Waals surface area contributed by atoms with Crippen LogP contribution in [-0.4, -0.2) is 25.5 Å². The Labute approximate surface area is 126 Å². The summed E-state index contributed by atoms with van der Waals surface area (Å²) in [6, 6.07) is 18.8. The van der Waals surface area contributed by atoms with E-state index in [1.807, 2.05) is 24.3 Å². The van der Waals surface area contributed by atoms with E-state index in [0.29, 0.717) is 6.04 Å². The van der Waals surface area contributed by atoms with Gasteiger partial charge in [-0.2, -0.15) is 0 Å². The summed E-state index contributed by atoms with van der Waals surface area (Å²) in [4.78, 5) is 2.19. The zero-order chi connectivity index (χ0) is 14.4. The molecule has 0 heterocycles. The normalized spacial score (nSPS) is 12.6. The minimum atomic E-state index is 0.294. The van der Waals surface area contributed by atoms with Gasteiger partial charge >= 0.3 is 0 Å². The van der Waals surface area contributed by atoms with E-state index in [0.717, 1.165) is 23.7 Å². The molecule has 1 N–H and O–H groups in total. The zero-order valence-electron chi connectivity index (χ0n) is 12.0. The summed E-state index contributed by atoms with van der Waals surface area (Å²) < 4.78 is 0. The molecule has 1 unspecified atom stereocenters. The number of likely N-dealkylation sites (N-methyl/N-ethyl adjacent to an activating group) is 1. The molecule has 0 aliphatic heterocycles. The first kappa shape index (κ1) is 15.0. The fourth-order valence-corrected chi connectivity index (χ4v) is 2.42. The second-order valence-corrected chi connectivity index (χ2v) is 5.61. The lowest BCUT2D eigenvalue weighted by molar-refractivity contribution is 0.340. The van der Waals surface area contributed by atoms with Crippen molar-refractivity contribution in [2.24, 2.45) is 0 Å². The van der Waals surface area contributed by atoms with Gasteiger partial charge in [0.1, 0.15) is 0 Å². The second kappa shape index (κ2) is 7.44. The molecule has 1 atom stereocenters. The van der Waals surface area contributed by atoms with E-state index >= 15 is 0 Å². The molecule has 0 spiro atoms. The fourth-order valence-electron chi connectivity index (χ4n) is 2.21. The Kier molecular flexibility index (Phi) is 5.60. The molecule has 0 amide bonds. The van der Waals surface area contributed by atoms with Gasteiger partial charge in [0.2, 0.25) is 0 Å². The van der Waals surface area contributed by atoms with Gasteiger partial charge in [-0.3, -0.25) is 0 Å². The number of nitrogens with zero attached hydrogens (tertiary/aromatic N) is 1. The van der Waals surface area contributed by atoms with Crippen molar-refractivity contribution in [3.63, 3.8) is 0 Å². The van der Waals surface area contributed by atoms with E-state index in [2.05, 4.69) is 54.6 Å². The van der Waals surface area contributed by atoms with Gasteiger partial charge in [0.25, 0.3) is 0 Å². The highest BCUT2D eigenvalue weighted by Crippen LogP contribution is 2.18. The third-order valence-corrected chi connectivity index (χ3v) is 3.62. The summed E-state index contributed by atoms with van der Waals surface area (Å²) in [7, 11) is 4.18. The van der Waals surface area contributed by atoms with Crippen molar-refractivity contribution in [2.75, 3.05) is 20.6 Å². The number of hydrogen-bond acceptors (Lipinski definition) is 2. The van der Waals surface area contributed by atoms with Crippen molar-refractivity contribution in [3.8, 4) is 0 Å². The quantitative estimate of drug-likeness (QED) is 0.871. The first-order valence-electron chi connectivity index (χ1n) is 6.83. The smallest absolute Gasteiger partial charge is 0.0451 e. The van der Waals surface area contributed by atoms with Crippen molar-refractivity contribution in [2.45, 2.75) is 12.6 Å². The molecule has 0 radical (unpaired) electrons. The predicted molar refractivity (Wildman–Crippen MR) is 86.0 cm³/mol. The molecule has 2 rings (SSSR count). The maximum atomic E-state index is 6.21. The van der Waals surface area contributed by atoms with Crippen LogP contribution in [0.2, 0.25) is 5.02 Å². The average molecular weight is 289 g/mol. The Hall–Kier alpha value is -1.35. The van der Waals surface area contributed by atoms with E-state index in [9.17, 15) is 0 Å². The third-order valence-electron chi connectivity index (χ3n) is 3.25. The van der Waals surface area contributed by atoms with Crippen molar-refractivity contribution in [3.05, 3.63) is 70.7 Å². The van der Waals surface area contributed by atoms with Crippen LogP contribution in [0.15, 0.2) is 54.6 Å². The van der Waals surface area contributed by atoms with E-state index < -0.39 is 0 Å². The summed E-state index contributed by atoms with van der Waals surface area (Å²) in [6.07, 6.45) is 0. The standard InChI is InChI=1S/C17H21ClN2/c1-20(2)13-17(14-8-4-3-5-9-14)19-12-15-10-6-7-11-16(15)18/h3-11,17,19H,12-13H2,1-2H3. The molecule has 0 aliphatic rings. The average Bonchev–Trinajstić information content (AvgIpc) is 2.45. The third kappa shape index (κ3) is 4.34. The highest BCUT2D eigenvalue weighted by Gasteiger charge is 2.12. The number of hydrogen-bond donors (Lipinski definition) is 1. The largest absolute Gasteiger partial charge is 0.308 e. The molecule has 0 fully saturated rings. The number of halogens is 1. The monoisotopic (exact) mass is 288 g/mol. The van der Waals surface area contributed by atoms with Gasteiger partial charge in [0.15, 0.2) is 0 Å². The fraction of sp³-hybridized carbons (Fsp3) is 0.294. The Morgan fingerprint density at radius 3 is 2.30 bits per heavy atom. The summed E-state index contributed by atoms with van der Waals surface area (Å²) in [6.45, 7) is 1.72. The molecule has 0 saturated heterocycles. The van der Waals surface area contributed by atoms with Crippen LogP contribution in [0.5, 0.6) is 0 Å². The lowest BCUT2D eigenvalue weighted by Gasteiger charge is -2.23. The Balaban J connectivity index is 2.07. The Morgan fingerprint density at radius 2 is 1.65 bits per heavy atom. The van der Waals surface area contributed by atoms with Crippen LogP contribution in [0.1, 0.15) is 17.2 Å². The van der Waals surface area contributed by atoms with Gasteiger partial charge in [-0.25, -0.2) is 0 Å². The predicted octanol–water partition coefficient (Wildman–Crippen LogP) is 3.73. The SMILES string of the molecule is CN(C)CC(NCc1ccccc1Cl)c1ccccc1. The summed E-state index contributed by atoms with van der Waals surface area (Å²) in [5, 5.41) is 4.41. The van der Waals surface area contributed by atoms with E-state index in [-0.39, 0.29) is 0 Å². The van der Waals surface area contributed by atoms with Gasteiger partial charge in [-0.15, -0.1) is 0 Å². The minimum Gasteiger partial charge on any atom is -0.308 e. The van der Waals surface area contributed by atoms with E-state index in [4.69, 9.17) is 11.6 Å². The molecular formula is C17H21ClN2. The summed E-state index contributed by atoms with van der Waals surface area (Å²) in [5.74, 6) is 0. The van der Waals surface area contributed by atoms with E-state index in [1.165, 1.54) is 5.56 Å². The number of nitrogens with one attached hydrogen (secondary N) is 1. The molecule has 0 bridgehead atoms. The molecule has 0 saturated carbocycles.